The highest BCUT2D eigenvalue weighted by molar-refractivity contribution is 6.39. The van der Waals surface area contributed by atoms with E-state index in [1.54, 1.807) is 4.40 Å². The highest BCUT2D eigenvalue weighted by Crippen LogP contribution is 2.03. The number of amides is 2. The summed E-state index contributed by atoms with van der Waals surface area (Å²) in [5.74, 6) is 0.150. The lowest BCUT2D eigenvalue weighted by atomic mass is 10.1. The molecule has 2 N–H and O–H groups in total. The van der Waals surface area contributed by atoms with E-state index in [-0.39, 0.29) is 24.8 Å². The first-order chi connectivity index (χ1) is 9.74. The number of carbonyl (C=O) groups is 2. The minimum atomic E-state index is -0.308. The average molecular weight is 272 g/mol. The number of nitrogens with zero attached hydrogens (tertiary/aromatic N) is 4. The van der Waals surface area contributed by atoms with E-state index in [2.05, 4.69) is 26.0 Å². The molecule has 1 aliphatic heterocycles. The summed E-state index contributed by atoms with van der Waals surface area (Å²) in [5, 5.41) is 14.5. The summed E-state index contributed by atoms with van der Waals surface area (Å²) >= 11 is 0. The van der Waals surface area contributed by atoms with Gasteiger partial charge in [-0.3, -0.25) is 14.0 Å². The minimum Gasteiger partial charge on any atom is -0.344 e. The third-order valence-electron chi connectivity index (χ3n) is 2.96. The molecule has 0 saturated heterocycles. The number of hydrogen-bond acceptors (Lipinski definition) is 5. The molecule has 3 rings (SSSR count). The molecule has 0 aromatic carbocycles. The molecule has 0 atom stereocenters. The molecule has 8 heteroatoms. The van der Waals surface area contributed by atoms with E-state index in [0.717, 1.165) is 5.65 Å². The van der Waals surface area contributed by atoms with Gasteiger partial charge in [-0.1, -0.05) is 6.07 Å². The maximum Gasteiger partial charge on any atom is 0.267 e. The fourth-order valence-electron chi connectivity index (χ4n) is 1.91. The summed E-state index contributed by atoms with van der Waals surface area (Å²) in [6.45, 7) is 0.247. The summed E-state index contributed by atoms with van der Waals surface area (Å²) in [6.07, 6.45) is 2.45. The highest BCUT2D eigenvalue weighted by Gasteiger charge is 2.18. The van der Waals surface area contributed by atoms with Crippen LogP contribution in [-0.2, 0) is 16.1 Å². The van der Waals surface area contributed by atoms with Crippen LogP contribution >= 0.6 is 0 Å². The molecule has 0 radical (unpaired) electrons. The SMILES string of the molecule is O=C1CCC(C(=O)NCc2nnc3ccccn23)=NN1. The molecule has 0 aliphatic carbocycles. The Hall–Kier alpha value is -2.77. The lowest BCUT2D eigenvalue weighted by Gasteiger charge is -2.11. The van der Waals surface area contributed by atoms with Crippen molar-refractivity contribution in [2.24, 2.45) is 5.10 Å². The van der Waals surface area contributed by atoms with E-state index in [1.165, 1.54) is 0 Å². The topological polar surface area (TPSA) is 101 Å². The van der Waals surface area contributed by atoms with Crippen molar-refractivity contribution in [1.29, 1.82) is 0 Å². The van der Waals surface area contributed by atoms with E-state index in [1.807, 2.05) is 24.4 Å². The Kier molecular flexibility index (Phi) is 3.12. The normalized spacial score (nSPS) is 14.8. The lowest BCUT2D eigenvalue weighted by Crippen LogP contribution is -2.36. The second kappa shape index (κ2) is 5.08. The van der Waals surface area contributed by atoms with Crippen LogP contribution in [0.15, 0.2) is 29.5 Å². The van der Waals surface area contributed by atoms with Crippen molar-refractivity contribution in [2.45, 2.75) is 19.4 Å². The smallest absolute Gasteiger partial charge is 0.267 e. The van der Waals surface area contributed by atoms with Crippen LogP contribution in [0.4, 0.5) is 0 Å². The van der Waals surface area contributed by atoms with Gasteiger partial charge in [0.05, 0.1) is 6.54 Å². The lowest BCUT2D eigenvalue weighted by molar-refractivity contribution is -0.121. The Morgan fingerprint density at radius 1 is 1.35 bits per heavy atom. The van der Waals surface area contributed by atoms with Gasteiger partial charge in [-0.05, 0) is 12.1 Å². The number of fused-ring (bicyclic) bond motifs is 1. The monoisotopic (exact) mass is 272 g/mol. The fourth-order valence-corrected chi connectivity index (χ4v) is 1.91. The Balaban J connectivity index is 1.67. The molecule has 8 nitrogen and oxygen atoms in total. The Bertz CT molecular complexity index is 705. The molecule has 2 amide bonds. The second-order valence-electron chi connectivity index (χ2n) is 4.32. The van der Waals surface area contributed by atoms with Crippen molar-refractivity contribution < 1.29 is 9.59 Å². The van der Waals surface area contributed by atoms with Crippen LogP contribution in [0.2, 0.25) is 0 Å². The minimum absolute atomic E-state index is 0.176. The zero-order chi connectivity index (χ0) is 13.9. The molecule has 0 spiro atoms. The first-order valence-corrected chi connectivity index (χ1v) is 6.16. The number of carbonyl (C=O) groups excluding carboxylic acids is 2. The van der Waals surface area contributed by atoms with Crippen LogP contribution in [0.5, 0.6) is 0 Å². The number of hydrogen-bond donors (Lipinski definition) is 2. The van der Waals surface area contributed by atoms with Gasteiger partial charge < -0.3 is 5.32 Å². The molecule has 2 aromatic rings. The molecule has 0 fully saturated rings. The zero-order valence-electron chi connectivity index (χ0n) is 10.5. The molecule has 0 saturated carbocycles. The van der Waals surface area contributed by atoms with Crippen LogP contribution < -0.4 is 10.7 Å². The number of aromatic nitrogens is 3. The van der Waals surface area contributed by atoms with E-state index in [9.17, 15) is 9.59 Å². The molecule has 20 heavy (non-hydrogen) atoms. The number of rotatable bonds is 3. The number of nitrogens with one attached hydrogen (secondary N) is 2. The Morgan fingerprint density at radius 2 is 2.25 bits per heavy atom. The van der Waals surface area contributed by atoms with Gasteiger partial charge in [0.15, 0.2) is 11.5 Å². The van der Waals surface area contributed by atoms with E-state index < -0.39 is 0 Å². The summed E-state index contributed by atoms with van der Waals surface area (Å²) in [5.41, 5.74) is 3.33. The average Bonchev–Trinajstić information content (AvgIpc) is 2.89. The summed E-state index contributed by atoms with van der Waals surface area (Å²) < 4.78 is 1.80. The van der Waals surface area contributed by atoms with Gasteiger partial charge in [0.25, 0.3) is 5.91 Å². The fraction of sp³-hybridized carbons (Fsp3) is 0.250. The van der Waals surface area contributed by atoms with Crippen molar-refractivity contribution in [1.82, 2.24) is 25.3 Å². The standard InChI is InChI=1S/C12H12N6O2/c19-11-5-4-8(14-17-11)12(20)13-7-10-16-15-9-3-1-2-6-18(9)10/h1-3,6H,4-5,7H2,(H,13,20)(H,17,19). The zero-order valence-corrected chi connectivity index (χ0v) is 10.5. The maximum absolute atomic E-state index is 11.9. The van der Waals surface area contributed by atoms with Gasteiger partial charge in [-0.2, -0.15) is 5.10 Å². The van der Waals surface area contributed by atoms with Gasteiger partial charge in [-0.25, -0.2) is 5.43 Å². The third kappa shape index (κ3) is 2.35. The van der Waals surface area contributed by atoms with Gasteiger partial charge in [-0.15, -0.1) is 10.2 Å². The molecule has 1 aliphatic rings. The van der Waals surface area contributed by atoms with Gasteiger partial charge in [0.2, 0.25) is 5.91 Å². The Labute approximate surface area is 113 Å². The van der Waals surface area contributed by atoms with Gasteiger partial charge >= 0.3 is 0 Å². The number of hydrazone groups is 1. The van der Waals surface area contributed by atoms with Gasteiger partial charge in [0, 0.05) is 19.0 Å². The highest BCUT2D eigenvalue weighted by atomic mass is 16.2. The number of pyridine rings is 1. The van der Waals surface area contributed by atoms with Crippen molar-refractivity contribution in [3.05, 3.63) is 30.2 Å². The molecule has 2 aromatic heterocycles. The molecule has 3 heterocycles. The van der Waals surface area contributed by atoms with Crippen molar-refractivity contribution in [2.75, 3.05) is 0 Å². The molecule has 0 bridgehead atoms. The quantitative estimate of drug-likeness (QED) is 0.794. The molecular weight excluding hydrogens is 260 g/mol. The largest absolute Gasteiger partial charge is 0.344 e. The van der Waals surface area contributed by atoms with E-state index in [4.69, 9.17) is 0 Å². The first kappa shape index (κ1) is 12.3. The third-order valence-corrected chi connectivity index (χ3v) is 2.96. The predicted molar refractivity (Wildman–Crippen MR) is 69.6 cm³/mol. The second-order valence-corrected chi connectivity index (χ2v) is 4.32. The van der Waals surface area contributed by atoms with E-state index >= 15 is 0 Å². The summed E-state index contributed by atoms with van der Waals surface area (Å²) in [6, 6.07) is 5.56. The summed E-state index contributed by atoms with van der Waals surface area (Å²) in [7, 11) is 0. The Morgan fingerprint density at radius 3 is 3.05 bits per heavy atom. The molecule has 102 valence electrons. The van der Waals surface area contributed by atoms with E-state index in [0.29, 0.717) is 18.0 Å². The van der Waals surface area contributed by atoms with Gasteiger partial charge in [0.1, 0.15) is 5.71 Å². The van der Waals surface area contributed by atoms with Crippen LogP contribution in [0.3, 0.4) is 0 Å². The van der Waals surface area contributed by atoms with Crippen LogP contribution in [-0.4, -0.2) is 32.1 Å². The predicted octanol–water partition coefficient (Wildman–Crippen LogP) is -0.389. The first-order valence-electron chi connectivity index (χ1n) is 6.16. The maximum atomic E-state index is 11.9. The van der Waals surface area contributed by atoms with Crippen LogP contribution in [0.1, 0.15) is 18.7 Å². The molecular formula is C12H12N6O2. The molecule has 0 unspecified atom stereocenters. The van der Waals surface area contributed by atoms with Crippen molar-refractivity contribution >= 4 is 23.2 Å². The van der Waals surface area contributed by atoms with Crippen LogP contribution in [0, 0.1) is 0 Å². The van der Waals surface area contributed by atoms with Crippen LogP contribution in [0.25, 0.3) is 5.65 Å². The van der Waals surface area contributed by atoms with Crippen molar-refractivity contribution in [3.63, 3.8) is 0 Å². The summed E-state index contributed by atoms with van der Waals surface area (Å²) in [4.78, 5) is 22.8. The van der Waals surface area contributed by atoms with Crippen molar-refractivity contribution in [3.8, 4) is 0 Å².